The Labute approximate surface area is 141 Å². The van der Waals surface area contributed by atoms with Crippen molar-refractivity contribution in [2.45, 2.75) is 0 Å². The number of sulfonamides is 1. The van der Waals surface area contributed by atoms with Gasteiger partial charge in [-0.15, -0.1) is 0 Å². The van der Waals surface area contributed by atoms with Crippen LogP contribution in [-0.2, 0) is 14.8 Å². The Morgan fingerprint density at radius 3 is 1.88 bits per heavy atom. The summed E-state index contributed by atoms with van der Waals surface area (Å²) in [6, 6.07) is 18.9. The van der Waals surface area contributed by atoms with E-state index in [1.54, 1.807) is 0 Å². The van der Waals surface area contributed by atoms with Gasteiger partial charge in [-0.25, -0.2) is 13.8 Å². The molecule has 0 aliphatic rings. The van der Waals surface area contributed by atoms with Gasteiger partial charge in [0, 0.05) is 18.2 Å². The van der Waals surface area contributed by atoms with E-state index in [4.69, 9.17) is 0 Å². The third kappa shape index (κ3) is 5.00. The third-order valence-corrected chi connectivity index (χ3v) is 4.58. The maximum atomic E-state index is 11.9. The standard InChI is InChI=1S/C17H19N3O3S/c1-20(24(2,22)23)13-16(21)18-19-17(14-9-5-3-6-10-14)15-11-7-4-8-12-15/h3-12H,13H2,1-2H3,(H,18,21). The fraction of sp³-hybridized carbons (Fsp3) is 0.176. The monoisotopic (exact) mass is 345 g/mol. The minimum Gasteiger partial charge on any atom is -0.272 e. The minimum atomic E-state index is -3.42. The molecule has 0 saturated heterocycles. The van der Waals surface area contributed by atoms with Crippen LogP contribution in [-0.4, -0.2) is 44.2 Å². The fourth-order valence-corrected chi connectivity index (χ4v) is 2.31. The first-order chi connectivity index (χ1) is 11.4. The molecule has 0 saturated carbocycles. The van der Waals surface area contributed by atoms with Crippen LogP contribution in [0.2, 0.25) is 0 Å². The van der Waals surface area contributed by atoms with Crippen molar-refractivity contribution in [1.29, 1.82) is 0 Å². The molecule has 0 bridgehead atoms. The maximum Gasteiger partial charge on any atom is 0.255 e. The molecule has 0 heterocycles. The van der Waals surface area contributed by atoms with E-state index in [-0.39, 0.29) is 6.54 Å². The molecule has 0 radical (unpaired) electrons. The van der Waals surface area contributed by atoms with E-state index in [0.29, 0.717) is 5.71 Å². The first-order valence-corrected chi connectivity index (χ1v) is 9.11. The van der Waals surface area contributed by atoms with Crippen molar-refractivity contribution < 1.29 is 13.2 Å². The molecule has 126 valence electrons. The number of likely N-dealkylation sites (N-methyl/N-ethyl adjacent to an activating group) is 1. The zero-order valence-electron chi connectivity index (χ0n) is 13.5. The van der Waals surface area contributed by atoms with Crippen molar-refractivity contribution in [3.63, 3.8) is 0 Å². The van der Waals surface area contributed by atoms with Crippen molar-refractivity contribution in [3.8, 4) is 0 Å². The lowest BCUT2D eigenvalue weighted by atomic mass is 10.0. The molecule has 0 fully saturated rings. The second-order valence-electron chi connectivity index (χ2n) is 5.25. The van der Waals surface area contributed by atoms with Gasteiger partial charge in [-0.1, -0.05) is 60.7 Å². The number of hydrogen-bond donors (Lipinski definition) is 1. The smallest absolute Gasteiger partial charge is 0.255 e. The summed E-state index contributed by atoms with van der Waals surface area (Å²) < 4.78 is 23.7. The largest absolute Gasteiger partial charge is 0.272 e. The van der Waals surface area contributed by atoms with Gasteiger partial charge in [0.15, 0.2) is 0 Å². The zero-order valence-corrected chi connectivity index (χ0v) is 14.3. The lowest BCUT2D eigenvalue weighted by Crippen LogP contribution is -2.36. The van der Waals surface area contributed by atoms with Gasteiger partial charge in [-0.2, -0.15) is 9.41 Å². The molecule has 0 aromatic heterocycles. The topological polar surface area (TPSA) is 78.8 Å². The van der Waals surface area contributed by atoms with Gasteiger partial charge < -0.3 is 0 Å². The number of nitrogens with one attached hydrogen (secondary N) is 1. The maximum absolute atomic E-state index is 11.9. The highest BCUT2D eigenvalue weighted by molar-refractivity contribution is 7.88. The highest BCUT2D eigenvalue weighted by Gasteiger charge is 2.15. The Balaban J connectivity index is 2.22. The Morgan fingerprint density at radius 1 is 1.00 bits per heavy atom. The van der Waals surface area contributed by atoms with E-state index >= 15 is 0 Å². The van der Waals surface area contributed by atoms with Gasteiger partial charge in [0.2, 0.25) is 10.0 Å². The summed E-state index contributed by atoms with van der Waals surface area (Å²) in [6.45, 7) is -0.292. The van der Waals surface area contributed by atoms with Crippen LogP contribution < -0.4 is 5.43 Å². The van der Waals surface area contributed by atoms with Crippen molar-refractivity contribution in [1.82, 2.24) is 9.73 Å². The Bertz CT molecular complexity index is 777. The third-order valence-electron chi connectivity index (χ3n) is 3.32. The van der Waals surface area contributed by atoms with Crippen LogP contribution in [0.25, 0.3) is 0 Å². The van der Waals surface area contributed by atoms with Gasteiger partial charge in [0.25, 0.3) is 5.91 Å². The predicted molar refractivity (Wildman–Crippen MR) is 94.1 cm³/mol. The molecule has 24 heavy (non-hydrogen) atoms. The second kappa shape index (κ2) is 7.85. The SMILES string of the molecule is CN(CC(=O)NN=C(c1ccccc1)c1ccccc1)S(C)(=O)=O. The number of rotatable bonds is 6. The number of amides is 1. The number of hydrogen-bond acceptors (Lipinski definition) is 4. The zero-order chi connectivity index (χ0) is 17.6. The number of hydrazone groups is 1. The van der Waals surface area contributed by atoms with Gasteiger partial charge >= 0.3 is 0 Å². The van der Waals surface area contributed by atoms with Gasteiger partial charge in [0.05, 0.1) is 18.5 Å². The molecule has 1 amide bonds. The van der Waals surface area contributed by atoms with Crippen LogP contribution in [0.5, 0.6) is 0 Å². The molecule has 7 heteroatoms. The first kappa shape index (κ1) is 17.8. The molecular weight excluding hydrogens is 326 g/mol. The number of nitrogens with zero attached hydrogens (tertiary/aromatic N) is 2. The van der Waals surface area contributed by atoms with Crippen molar-refractivity contribution in [3.05, 3.63) is 71.8 Å². The first-order valence-electron chi connectivity index (χ1n) is 7.26. The molecule has 0 aliphatic carbocycles. The van der Waals surface area contributed by atoms with Crippen LogP contribution in [0.15, 0.2) is 65.8 Å². The van der Waals surface area contributed by atoms with Crippen LogP contribution in [0.3, 0.4) is 0 Å². The molecule has 2 aromatic rings. The second-order valence-corrected chi connectivity index (χ2v) is 7.34. The Morgan fingerprint density at radius 2 is 1.46 bits per heavy atom. The number of carbonyl (C=O) groups is 1. The van der Waals surface area contributed by atoms with Gasteiger partial charge in [0.1, 0.15) is 0 Å². The van der Waals surface area contributed by atoms with Gasteiger partial charge in [-0.3, -0.25) is 4.79 Å². The van der Waals surface area contributed by atoms with Gasteiger partial charge in [-0.05, 0) is 0 Å². The van der Waals surface area contributed by atoms with Crippen molar-refractivity contribution in [2.24, 2.45) is 5.10 Å². The highest BCUT2D eigenvalue weighted by Crippen LogP contribution is 2.10. The molecule has 0 aliphatic heterocycles. The molecule has 2 aromatic carbocycles. The fourth-order valence-electron chi connectivity index (χ4n) is 1.96. The number of carbonyl (C=O) groups excluding carboxylic acids is 1. The molecule has 0 atom stereocenters. The predicted octanol–water partition coefficient (Wildman–Crippen LogP) is 1.45. The van der Waals surface area contributed by atoms with E-state index in [1.165, 1.54) is 7.05 Å². The summed E-state index contributed by atoms with van der Waals surface area (Å²) in [7, 11) is -2.08. The van der Waals surface area contributed by atoms with Crippen LogP contribution in [0.4, 0.5) is 0 Å². The average molecular weight is 345 g/mol. The molecule has 6 nitrogen and oxygen atoms in total. The van der Waals surface area contributed by atoms with Crippen molar-refractivity contribution >= 4 is 21.6 Å². The van der Waals surface area contributed by atoms with Crippen molar-refractivity contribution in [2.75, 3.05) is 19.8 Å². The Kier molecular flexibility index (Phi) is 5.83. The lowest BCUT2D eigenvalue weighted by Gasteiger charge is -2.13. The summed E-state index contributed by atoms with van der Waals surface area (Å²) in [5, 5.41) is 4.19. The van der Waals surface area contributed by atoms with Crippen LogP contribution in [0.1, 0.15) is 11.1 Å². The summed E-state index contributed by atoms with van der Waals surface area (Å²) in [4.78, 5) is 11.9. The van der Waals surface area contributed by atoms with Crippen LogP contribution in [0, 0.1) is 0 Å². The lowest BCUT2D eigenvalue weighted by molar-refractivity contribution is -0.121. The van der Waals surface area contributed by atoms with E-state index in [1.807, 2.05) is 60.7 Å². The quantitative estimate of drug-likeness (QED) is 0.636. The van der Waals surface area contributed by atoms with E-state index < -0.39 is 15.9 Å². The summed E-state index contributed by atoms with van der Waals surface area (Å²) in [5.74, 6) is -0.507. The molecule has 2 rings (SSSR count). The van der Waals surface area contributed by atoms with Crippen LogP contribution >= 0.6 is 0 Å². The molecule has 0 spiro atoms. The number of benzene rings is 2. The van der Waals surface area contributed by atoms with E-state index in [2.05, 4.69) is 10.5 Å². The average Bonchev–Trinajstić information content (AvgIpc) is 2.56. The van der Waals surface area contributed by atoms with E-state index in [9.17, 15) is 13.2 Å². The Hall–Kier alpha value is -2.51. The molecule has 0 unspecified atom stereocenters. The minimum absolute atomic E-state index is 0.292. The van der Waals surface area contributed by atoms with E-state index in [0.717, 1.165) is 21.7 Å². The molecular formula is C17H19N3O3S. The summed E-state index contributed by atoms with van der Waals surface area (Å²) in [5.41, 5.74) is 4.72. The molecule has 1 N–H and O–H groups in total. The highest BCUT2D eigenvalue weighted by atomic mass is 32.2. The summed E-state index contributed by atoms with van der Waals surface area (Å²) >= 11 is 0. The normalized spacial score (nSPS) is 11.1. The summed E-state index contributed by atoms with van der Waals surface area (Å²) in [6.07, 6.45) is 1.04.